The van der Waals surface area contributed by atoms with Crippen molar-refractivity contribution in [1.82, 2.24) is 9.97 Å². The zero-order valence-corrected chi connectivity index (χ0v) is 10.7. The van der Waals surface area contributed by atoms with E-state index in [9.17, 15) is 4.79 Å². The molecule has 0 spiro atoms. The lowest BCUT2D eigenvalue weighted by Crippen LogP contribution is -2.07. The number of amides is 1. The molecule has 1 heterocycles. The van der Waals surface area contributed by atoms with Crippen LogP contribution in [0.3, 0.4) is 0 Å². The fraction of sp³-hybridized carbons (Fsp3) is 0.0769. The Bertz CT molecular complexity index is 548. The minimum Gasteiger partial charge on any atom is -0.337 e. The molecule has 18 heavy (non-hydrogen) atoms. The van der Waals surface area contributed by atoms with Crippen molar-refractivity contribution in [2.75, 3.05) is 5.32 Å². The van der Waals surface area contributed by atoms with Crippen molar-refractivity contribution in [2.45, 2.75) is 12.1 Å². The van der Waals surface area contributed by atoms with Gasteiger partial charge in [0, 0.05) is 23.7 Å². The maximum atomic E-state index is 11.6. The second-order valence-electron chi connectivity index (χ2n) is 3.65. The number of H-pyrrole nitrogens is 1. The molecule has 0 aliphatic rings. The first-order valence-corrected chi connectivity index (χ1v) is 6.33. The smallest absolute Gasteiger partial charge is 0.248 e. The SMILES string of the molecule is Cc1cnc(SC=CC(=O)Nc2ccccc2)[nH]1. The van der Waals surface area contributed by atoms with Crippen LogP contribution in [0.25, 0.3) is 0 Å². The highest BCUT2D eigenvalue weighted by Gasteiger charge is 1.98. The molecule has 1 aromatic heterocycles. The highest BCUT2D eigenvalue weighted by atomic mass is 32.2. The summed E-state index contributed by atoms with van der Waals surface area (Å²) in [5.74, 6) is -0.156. The molecule has 92 valence electrons. The predicted molar refractivity (Wildman–Crippen MR) is 73.4 cm³/mol. The normalized spacial score (nSPS) is 10.7. The Morgan fingerprint density at radius 3 is 2.83 bits per heavy atom. The average molecular weight is 259 g/mol. The number of rotatable bonds is 4. The molecular formula is C13H13N3OS. The van der Waals surface area contributed by atoms with Crippen LogP contribution in [0.1, 0.15) is 5.69 Å². The number of aromatic amines is 1. The van der Waals surface area contributed by atoms with Gasteiger partial charge in [-0.05, 0) is 24.5 Å². The third-order valence-corrected chi connectivity index (χ3v) is 2.82. The maximum absolute atomic E-state index is 11.6. The molecule has 0 fully saturated rings. The van der Waals surface area contributed by atoms with Crippen molar-refractivity contribution in [3.63, 3.8) is 0 Å². The largest absolute Gasteiger partial charge is 0.337 e. The summed E-state index contributed by atoms with van der Waals surface area (Å²) in [4.78, 5) is 18.8. The number of aryl methyl sites for hydroxylation is 1. The topological polar surface area (TPSA) is 57.8 Å². The van der Waals surface area contributed by atoms with Gasteiger partial charge in [-0.25, -0.2) is 4.98 Å². The summed E-state index contributed by atoms with van der Waals surface area (Å²) in [5, 5.41) is 5.24. The van der Waals surface area contributed by atoms with Crippen LogP contribution in [-0.4, -0.2) is 15.9 Å². The van der Waals surface area contributed by atoms with Crippen LogP contribution in [0.5, 0.6) is 0 Å². The van der Waals surface area contributed by atoms with Crippen molar-refractivity contribution in [3.05, 3.63) is 53.7 Å². The fourth-order valence-corrected chi connectivity index (χ4v) is 1.97. The van der Waals surface area contributed by atoms with E-state index in [4.69, 9.17) is 0 Å². The highest BCUT2D eigenvalue weighted by molar-refractivity contribution is 8.02. The van der Waals surface area contributed by atoms with Crippen LogP contribution in [0.15, 0.2) is 53.2 Å². The molecule has 4 nitrogen and oxygen atoms in total. The Hall–Kier alpha value is -2.01. The van der Waals surface area contributed by atoms with E-state index in [1.807, 2.05) is 37.3 Å². The van der Waals surface area contributed by atoms with Crippen LogP contribution in [0.2, 0.25) is 0 Å². The predicted octanol–water partition coefficient (Wildman–Crippen LogP) is 2.96. The first-order valence-electron chi connectivity index (χ1n) is 5.45. The molecule has 2 aromatic rings. The zero-order chi connectivity index (χ0) is 12.8. The number of nitrogens with zero attached hydrogens (tertiary/aromatic N) is 1. The van der Waals surface area contributed by atoms with E-state index in [0.29, 0.717) is 0 Å². The summed E-state index contributed by atoms with van der Waals surface area (Å²) < 4.78 is 0. The van der Waals surface area contributed by atoms with E-state index in [1.54, 1.807) is 11.6 Å². The highest BCUT2D eigenvalue weighted by Crippen LogP contribution is 2.14. The number of thioether (sulfide) groups is 1. The van der Waals surface area contributed by atoms with E-state index in [2.05, 4.69) is 15.3 Å². The van der Waals surface area contributed by atoms with Crippen LogP contribution in [0, 0.1) is 6.92 Å². The van der Waals surface area contributed by atoms with Gasteiger partial charge in [0.2, 0.25) is 5.91 Å². The summed E-state index contributed by atoms with van der Waals surface area (Å²) in [7, 11) is 0. The standard InChI is InChI=1S/C13H13N3OS/c1-10-9-14-13(15-10)18-8-7-12(17)16-11-5-3-2-4-6-11/h2-9H,1H3,(H,14,15)(H,16,17). The molecule has 2 N–H and O–H groups in total. The molecule has 0 aliphatic carbocycles. The summed E-state index contributed by atoms with van der Waals surface area (Å²) in [6.45, 7) is 1.93. The van der Waals surface area contributed by atoms with Crippen LogP contribution in [-0.2, 0) is 4.79 Å². The lowest BCUT2D eigenvalue weighted by atomic mass is 10.3. The number of hydrogen-bond acceptors (Lipinski definition) is 3. The van der Waals surface area contributed by atoms with Gasteiger partial charge in [0.15, 0.2) is 5.16 Å². The average Bonchev–Trinajstić information content (AvgIpc) is 2.76. The Labute approximate surface area is 110 Å². The molecule has 0 saturated heterocycles. The third kappa shape index (κ3) is 3.78. The Balaban J connectivity index is 1.84. The van der Waals surface area contributed by atoms with Gasteiger partial charge in [-0.1, -0.05) is 30.0 Å². The lowest BCUT2D eigenvalue weighted by Gasteiger charge is -1.99. The van der Waals surface area contributed by atoms with Gasteiger partial charge in [0.05, 0.1) is 0 Å². The van der Waals surface area contributed by atoms with E-state index >= 15 is 0 Å². The number of anilines is 1. The van der Waals surface area contributed by atoms with Crippen molar-refractivity contribution in [1.29, 1.82) is 0 Å². The molecule has 2 rings (SSSR count). The third-order valence-electron chi connectivity index (χ3n) is 2.12. The number of imidazole rings is 1. The van der Waals surface area contributed by atoms with E-state index in [-0.39, 0.29) is 5.91 Å². The van der Waals surface area contributed by atoms with Crippen molar-refractivity contribution >= 4 is 23.4 Å². The molecule has 1 amide bonds. The van der Waals surface area contributed by atoms with E-state index in [1.165, 1.54) is 17.8 Å². The maximum Gasteiger partial charge on any atom is 0.248 e. The van der Waals surface area contributed by atoms with E-state index in [0.717, 1.165) is 16.5 Å². The number of hydrogen-bond donors (Lipinski definition) is 2. The van der Waals surface area contributed by atoms with Crippen LogP contribution >= 0.6 is 11.8 Å². The first kappa shape index (κ1) is 12.4. The number of nitrogens with one attached hydrogen (secondary N) is 2. The van der Waals surface area contributed by atoms with Gasteiger partial charge in [-0.3, -0.25) is 4.79 Å². The minimum atomic E-state index is -0.156. The summed E-state index contributed by atoms with van der Waals surface area (Å²) >= 11 is 1.37. The van der Waals surface area contributed by atoms with Gasteiger partial charge in [0.25, 0.3) is 0 Å². The fourth-order valence-electron chi connectivity index (χ4n) is 1.31. The second-order valence-corrected chi connectivity index (χ2v) is 4.54. The molecule has 0 unspecified atom stereocenters. The second kappa shape index (κ2) is 6.07. The molecule has 0 atom stereocenters. The lowest BCUT2D eigenvalue weighted by molar-refractivity contribution is -0.111. The van der Waals surface area contributed by atoms with Crippen molar-refractivity contribution in [2.24, 2.45) is 0 Å². The molecule has 0 bridgehead atoms. The van der Waals surface area contributed by atoms with Gasteiger partial charge >= 0.3 is 0 Å². The van der Waals surface area contributed by atoms with Crippen molar-refractivity contribution < 1.29 is 4.79 Å². The van der Waals surface area contributed by atoms with Crippen LogP contribution in [0.4, 0.5) is 5.69 Å². The molecule has 0 saturated carbocycles. The molecule has 0 aliphatic heterocycles. The number of carbonyl (C=O) groups excluding carboxylic acids is 1. The summed E-state index contributed by atoms with van der Waals surface area (Å²) in [6, 6.07) is 9.34. The van der Waals surface area contributed by atoms with Crippen LogP contribution < -0.4 is 5.32 Å². The Morgan fingerprint density at radius 2 is 2.17 bits per heavy atom. The molecular weight excluding hydrogens is 246 g/mol. The Morgan fingerprint density at radius 1 is 1.39 bits per heavy atom. The minimum absolute atomic E-state index is 0.156. The van der Waals surface area contributed by atoms with Gasteiger partial charge < -0.3 is 10.3 Å². The van der Waals surface area contributed by atoms with Gasteiger partial charge in [-0.15, -0.1) is 0 Å². The molecule has 1 aromatic carbocycles. The number of carbonyl (C=O) groups is 1. The summed E-state index contributed by atoms with van der Waals surface area (Å²) in [6.07, 6.45) is 3.23. The van der Waals surface area contributed by atoms with Gasteiger partial charge in [0.1, 0.15) is 0 Å². The van der Waals surface area contributed by atoms with E-state index < -0.39 is 0 Å². The summed E-state index contributed by atoms with van der Waals surface area (Å²) in [5.41, 5.74) is 1.78. The first-order chi connectivity index (χ1) is 8.74. The number of benzene rings is 1. The quantitative estimate of drug-likeness (QED) is 0.655. The monoisotopic (exact) mass is 259 g/mol. The number of aromatic nitrogens is 2. The Kier molecular flexibility index (Phi) is 4.20. The van der Waals surface area contributed by atoms with Gasteiger partial charge in [-0.2, -0.15) is 0 Å². The van der Waals surface area contributed by atoms with Crippen molar-refractivity contribution in [3.8, 4) is 0 Å². The zero-order valence-electron chi connectivity index (χ0n) is 9.88. The molecule has 0 radical (unpaired) electrons. The number of para-hydroxylation sites is 1. The molecule has 5 heteroatoms.